The first-order valence-electron chi connectivity index (χ1n) is 11.6. The Labute approximate surface area is 220 Å². The maximum absolute atomic E-state index is 12.5. The monoisotopic (exact) mass is 511 g/mol. The zero-order valence-corrected chi connectivity index (χ0v) is 20.7. The Morgan fingerprint density at radius 2 is 1.05 bits per heavy atom. The number of nitrogens with one attached hydrogen (secondary N) is 3. The van der Waals surface area contributed by atoms with Gasteiger partial charge in [0.15, 0.2) is 5.11 Å². The predicted octanol–water partition coefficient (Wildman–Crippen LogP) is 4.76. The molecule has 4 aromatic carbocycles. The second-order valence-electron chi connectivity index (χ2n) is 7.84. The molecule has 0 aromatic heterocycles. The molecule has 0 fully saturated rings. The van der Waals surface area contributed by atoms with Crippen molar-refractivity contribution in [2.75, 3.05) is 13.2 Å². The van der Waals surface area contributed by atoms with Crippen LogP contribution < -0.4 is 25.6 Å². The fourth-order valence-corrected chi connectivity index (χ4v) is 3.52. The Kier molecular flexibility index (Phi) is 8.82. The molecule has 37 heavy (non-hydrogen) atoms. The summed E-state index contributed by atoms with van der Waals surface area (Å²) in [7, 11) is 0. The molecule has 2 amide bonds. The van der Waals surface area contributed by atoms with Crippen molar-refractivity contribution in [2.24, 2.45) is 0 Å². The summed E-state index contributed by atoms with van der Waals surface area (Å²) in [5.41, 5.74) is 7.94. The molecule has 4 rings (SSSR count). The van der Waals surface area contributed by atoms with Gasteiger partial charge in [-0.1, -0.05) is 60.7 Å². The Morgan fingerprint density at radius 1 is 0.568 bits per heavy atom. The van der Waals surface area contributed by atoms with Gasteiger partial charge >= 0.3 is 0 Å². The molecule has 8 heteroatoms. The highest BCUT2D eigenvalue weighted by atomic mass is 32.1. The number of benzene rings is 4. The lowest BCUT2D eigenvalue weighted by Crippen LogP contribution is -2.48. The molecule has 0 aliphatic heterocycles. The third-order valence-corrected chi connectivity index (χ3v) is 5.46. The minimum atomic E-state index is -0.419. The van der Waals surface area contributed by atoms with E-state index in [2.05, 4.69) is 16.2 Å². The lowest BCUT2D eigenvalue weighted by atomic mass is 10.0. The van der Waals surface area contributed by atoms with E-state index in [1.54, 1.807) is 36.4 Å². The lowest BCUT2D eigenvalue weighted by molar-refractivity contribution is 0.0934. The molecule has 4 aromatic rings. The molecule has 0 heterocycles. The third kappa shape index (κ3) is 7.65. The molecule has 0 radical (unpaired) electrons. The van der Waals surface area contributed by atoms with Crippen LogP contribution in [0.3, 0.4) is 0 Å². The van der Waals surface area contributed by atoms with E-state index in [1.807, 2.05) is 72.8 Å². The van der Waals surface area contributed by atoms with Crippen LogP contribution in [0.5, 0.6) is 11.5 Å². The molecule has 0 spiro atoms. The number of hydrogen-bond acceptors (Lipinski definition) is 5. The minimum absolute atomic E-state index is 0.0300. The molecule has 0 bridgehead atoms. The number of para-hydroxylation sites is 1. The summed E-state index contributed by atoms with van der Waals surface area (Å²) in [5, 5.41) is 2.50. The highest BCUT2D eigenvalue weighted by Gasteiger charge is 2.10. The van der Waals surface area contributed by atoms with Gasteiger partial charge in [-0.3, -0.25) is 25.8 Å². The number of ether oxygens (including phenoxy) is 2. The summed E-state index contributed by atoms with van der Waals surface area (Å²) in [6.45, 7) is 0.762. The first-order valence-corrected chi connectivity index (χ1v) is 12.0. The molecule has 0 saturated carbocycles. The van der Waals surface area contributed by atoms with Crippen molar-refractivity contribution < 1.29 is 19.1 Å². The molecule has 0 aliphatic carbocycles. The maximum Gasteiger partial charge on any atom is 0.269 e. The fraction of sp³-hybridized carbons (Fsp3) is 0.0690. The van der Waals surface area contributed by atoms with Crippen molar-refractivity contribution in [3.63, 3.8) is 0 Å². The van der Waals surface area contributed by atoms with Crippen LogP contribution in [0, 0.1) is 0 Å². The van der Waals surface area contributed by atoms with E-state index < -0.39 is 5.91 Å². The van der Waals surface area contributed by atoms with Crippen LogP contribution >= 0.6 is 12.2 Å². The highest BCUT2D eigenvalue weighted by Crippen LogP contribution is 2.19. The molecule has 0 aliphatic rings. The van der Waals surface area contributed by atoms with Crippen LogP contribution in [0.15, 0.2) is 109 Å². The number of hydrogen-bond donors (Lipinski definition) is 3. The lowest BCUT2D eigenvalue weighted by Gasteiger charge is -2.12. The summed E-state index contributed by atoms with van der Waals surface area (Å²) < 4.78 is 11.2. The summed E-state index contributed by atoms with van der Waals surface area (Å²) in [4.78, 5) is 24.9. The first-order chi connectivity index (χ1) is 18.1. The summed E-state index contributed by atoms with van der Waals surface area (Å²) >= 11 is 5.12. The normalized spacial score (nSPS) is 10.2. The Morgan fingerprint density at radius 3 is 1.68 bits per heavy atom. The van der Waals surface area contributed by atoms with Crippen LogP contribution in [0.1, 0.15) is 20.7 Å². The number of hydrazine groups is 1. The first kappa shape index (κ1) is 25.4. The SMILES string of the molecule is O=C(NNC(=S)NC(=O)c1ccc(OCCOc2ccccc2)cc1)c1ccc(-c2ccccc2)cc1. The van der Waals surface area contributed by atoms with E-state index >= 15 is 0 Å². The van der Waals surface area contributed by atoms with Gasteiger partial charge in [0.1, 0.15) is 24.7 Å². The van der Waals surface area contributed by atoms with Crippen molar-refractivity contribution in [1.29, 1.82) is 0 Å². The fourth-order valence-electron chi connectivity index (χ4n) is 3.38. The topological polar surface area (TPSA) is 88.7 Å². The minimum Gasteiger partial charge on any atom is -0.490 e. The zero-order chi connectivity index (χ0) is 25.9. The van der Waals surface area contributed by atoms with Gasteiger partial charge in [-0.05, 0) is 71.9 Å². The van der Waals surface area contributed by atoms with Crippen molar-refractivity contribution in [1.82, 2.24) is 16.2 Å². The van der Waals surface area contributed by atoms with E-state index in [4.69, 9.17) is 21.7 Å². The van der Waals surface area contributed by atoms with Crippen molar-refractivity contribution in [3.05, 3.63) is 120 Å². The molecular formula is C29H25N3O4S. The smallest absolute Gasteiger partial charge is 0.269 e. The molecular weight excluding hydrogens is 486 g/mol. The van der Waals surface area contributed by atoms with Gasteiger partial charge in [0.25, 0.3) is 11.8 Å². The maximum atomic E-state index is 12.5. The Hall–Kier alpha value is -4.69. The molecule has 0 unspecified atom stereocenters. The molecule has 186 valence electrons. The number of carbonyl (C=O) groups excluding carboxylic acids is 2. The van der Waals surface area contributed by atoms with Crippen molar-refractivity contribution >= 4 is 29.1 Å². The van der Waals surface area contributed by atoms with Crippen molar-refractivity contribution in [2.45, 2.75) is 0 Å². The van der Waals surface area contributed by atoms with Crippen LogP contribution in [0.4, 0.5) is 0 Å². The number of rotatable bonds is 8. The highest BCUT2D eigenvalue weighted by molar-refractivity contribution is 7.80. The zero-order valence-electron chi connectivity index (χ0n) is 19.8. The van der Waals surface area contributed by atoms with Crippen LogP contribution in [-0.4, -0.2) is 30.1 Å². The summed E-state index contributed by atoms with van der Waals surface area (Å²) in [6, 6.07) is 33.2. The van der Waals surface area contributed by atoms with Gasteiger partial charge in [0.2, 0.25) is 0 Å². The van der Waals surface area contributed by atoms with Gasteiger partial charge in [-0.25, -0.2) is 0 Å². The van der Waals surface area contributed by atoms with E-state index in [-0.39, 0.29) is 11.0 Å². The van der Waals surface area contributed by atoms with Crippen LogP contribution in [-0.2, 0) is 0 Å². The van der Waals surface area contributed by atoms with E-state index in [0.717, 1.165) is 16.9 Å². The number of amides is 2. The second kappa shape index (κ2) is 12.9. The standard InChI is InChI=1S/C29H25N3O4S/c33-27(23-15-17-26(18-16-23)36-20-19-35-25-9-5-2-6-10-25)30-29(37)32-31-28(34)24-13-11-22(12-14-24)21-7-3-1-4-8-21/h1-18H,19-20H2,(H,31,34)(H2,30,32,33,37). The largest absolute Gasteiger partial charge is 0.490 e. The summed E-state index contributed by atoms with van der Waals surface area (Å²) in [6.07, 6.45) is 0. The van der Waals surface area contributed by atoms with Gasteiger partial charge < -0.3 is 9.47 Å². The quantitative estimate of drug-likeness (QED) is 0.180. The van der Waals surface area contributed by atoms with E-state index in [0.29, 0.717) is 30.1 Å². The average molecular weight is 512 g/mol. The Bertz CT molecular complexity index is 1330. The van der Waals surface area contributed by atoms with Gasteiger partial charge in [-0.2, -0.15) is 0 Å². The number of thiocarbonyl (C=S) groups is 1. The van der Waals surface area contributed by atoms with Gasteiger partial charge in [-0.15, -0.1) is 0 Å². The van der Waals surface area contributed by atoms with Crippen LogP contribution in [0.2, 0.25) is 0 Å². The predicted molar refractivity (Wildman–Crippen MR) is 146 cm³/mol. The second-order valence-corrected chi connectivity index (χ2v) is 8.25. The van der Waals surface area contributed by atoms with Crippen molar-refractivity contribution in [3.8, 4) is 22.6 Å². The van der Waals surface area contributed by atoms with E-state index in [9.17, 15) is 9.59 Å². The number of carbonyl (C=O) groups is 2. The average Bonchev–Trinajstić information content (AvgIpc) is 2.95. The third-order valence-electron chi connectivity index (χ3n) is 5.25. The molecule has 0 atom stereocenters. The molecule has 0 saturated heterocycles. The Balaban J connectivity index is 1.18. The molecule has 7 nitrogen and oxygen atoms in total. The van der Waals surface area contributed by atoms with Gasteiger partial charge in [0.05, 0.1) is 0 Å². The summed E-state index contributed by atoms with van der Waals surface area (Å²) in [5.74, 6) is 0.589. The van der Waals surface area contributed by atoms with E-state index in [1.165, 1.54) is 0 Å². The van der Waals surface area contributed by atoms with Crippen LogP contribution in [0.25, 0.3) is 11.1 Å². The molecule has 3 N–H and O–H groups in total. The van der Waals surface area contributed by atoms with Gasteiger partial charge in [0, 0.05) is 11.1 Å².